The molecule has 8 nitrogen and oxygen atoms in total. The summed E-state index contributed by atoms with van der Waals surface area (Å²) in [7, 11) is 0. The molecule has 0 aliphatic carbocycles. The van der Waals surface area contributed by atoms with Crippen LogP contribution in [0.5, 0.6) is 5.88 Å². The van der Waals surface area contributed by atoms with Crippen LogP contribution < -0.4 is 10.1 Å². The maximum Gasteiger partial charge on any atom is 0.241 e. The summed E-state index contributed by atoms with van der Waals surface area (Å²) in [5.74, 6) is -0.253. The fraction of sp³-hybridized carbons (Fsp3) is 0.412. The van der Waals surface area contributed by atoms with Gasteiger partial charge < -0.3 is 10.1 Å². The predicted molar refractivity (Wildman–Crippen MR) is 98.3 cm³/mol. The summed E-state index contributed by atoms with van der Waals surface area (Å²) >= 11 is 1.16. The van der Waals surface area contributed by atoms with Gasteiger partial charge in [0.25, 0.3) is 0 Å². The van der Waals surface area contributed by atoms with E-state index in [1.54, 1.807) is 4.52 Å². The maximum atomic E-state index is 14.1. The highest BCUT2D eigenvalue weighted by atomic mass is 32.1. The standard InChI is InChI=1S/C17H19FN6O2S/c1-10-6-12(26-16-13-4-3-5-24(13)20-9-19-16)7-23(10)8-14-15(18)22-17(27-14)21-11(2)25/h3-5,9-10,12H,6-8H2,1-2H3,(H,21,22,25)/t10-,12+/m0/s1. The van der Waals surface area contributed by atoms with Crippen LogP contribution >= 0.6 is 11.3 Å². The average molecular weight is 390 g/mol. The average Bonchev–Trinajstić information content (AvgIpc) is 3.29. The number of rotatable bonds is 5. The van der Waals surface area contributed by atoms with Crippen LogP contribution in [-0.4, -0.2) is 49.1 Å². The zero-order valence-corrected chi connectivity index (χ0v) is 15.7. The number of halogens is 1. The largest absolute Gasteiger partial charge is 0.471 e. The molecule has 0 spiro atoms. The number of hydrogen-bond acceptors (Lipinski definition) is 7. The molecule has 10 heteroatoms. The van der Waals surface area contributed by atoms with E-state index in [0.29, 0.717) is 23.8 Å². The first-order chi connectivity index (χ1) is 13.0. The third kappa shape index (κ3) is 3.76. The maximum absolute atomic E-state index is 14.1. The van der Waals surface area contributed by atoms with Crippen molar-refractivity contribution in [3.63, 3.8) is 0 Å². The van der Waals surface area contributed by atoms with Gasteiger partial charge in [0.2, 0.25) is 17.7 Å². The van der Waals surface area contributed by atoms with E-state index in [1.807, 2.05) is 18.3 Å². The molecule has 4 rings (SSSR count). The number of nitrogens with one attached hydrogen (secondary N) is 1. The lowest BCUT2D eigenvalue weighted by Gasteiger charge is -2.19. The lowest BCUT2D eigenvalue weighted by molar-refractivity contribution is -0.114. The fourth-order valence-corrected chi connectivity index (χ4v) is 4.18. The normalized spacial score (nSPS) is 20.3. The van der Waals surface area contributed by atoms with Crippen LogP contribution in [0.25, 0.3) is 5.52 Å². The first kappa shape index (κ1) is 17.8. The van der Waals surface area contributed by atoms with E-state index < -0.39 is 5.95 Å². The number of thiazole rings is 1. The van der Waals surface area contributed by atoms with Gasteiger partial charge in [0.1, 0.15) is 17.9 Å². The molecule has 1 aliphatic rings. The van der Waals surface area contributed by atoms with Gasteiger partial charge in [0.05, 0.1) is 4.88 Å². The van der Waals surface area contributed by atoms with Crippen molar-refractivity contribution in [2.24, 2.45) is 0 Å². The first-order valence-electron chi connectivity index (χ1n) is 8.61. The molecular weight excluding hydrogens is 371 g/mol. The zero-order valence-electron chi connectivity index (χ0n) is 14.9. The summed E-state index contributed by atoms with van der Waals surface area (Å²) < 4.78 is 21.9. The molecule has 2 atom stereocenters. The van der Waals surface area contributed by atoms with E-state index >= 15 is 0 Å². The van der Waals surface area contributed by atoms with Gasteiger partial charge in [-0.1, -0.05) is 11.3 Å². The highest BCUT2D eigenvalue weighted by Gasteiger charge is 2.32. The Morgan fingerprint density at radius 2 is 2.37 bits per heavy atom. The molecule has 0 saturated carbocycles. The van der Waals surface area contributed by atoms with E-state index in [1.165, 1.54) is 13.3 Å². The number of carbonyl (C=O) groups is 1. The summed E-state index contributed by atoms with van der Waals surface area (Å²) in [6, 6.07) is 4.02. The Morgan fingerprint density at radius 1 is 1.52 bits per heavy atom. The summed E-state index contributed by atoms with van der Waals surface area (Å²) in [4.78, 5) is 21.8. The van der Waals surface area contributed by atoms with Gasteiger partial charge in [-0.05, 0) is 19.1 Å². The molecule has 1 N–H and O–H groups in total. The van der Waals surface area contributed by atoms with Crippen molar-refractivity contribution < 1.29 is 13.9 Å². The van der Waals surface area contributed by atoms with Crippen molar-refractivity contribution in [3.05, 3.63) is 35.5 Å². The number of ether oxygens (including phenoxy) is 1. The smallest absolute Gasteiger partial charge is 0.241 e. The summed E-state index contributed by atoms with van der Waals surface area (Å²) in [6.07, 6.45) is 4.08. The molecular formula is C17H19FN6O2S. The van der Waals surface area contributed by atoms with Crippen molar-refractivity contribution in [2.75, 3.05) is 11.9 Å². The van der Waals surface area contributed by atoms with E-state index in [2.05, 4.69) is 32.2 Å². The molecule has 0 unspecified atom stereocenters. The van der Waals surface area contributed by atoms with Crippen LogP contribution in [-0.2, 0) is 11.3 Å². The second-order valence-corrected chi connectivity index (χ2v) is 7.66. The molecule has 1 amide bonds. The Labute approximate surface area is 159 Å². The monoisotopic (exact) mass is 390 g/mol. The first-order valence-corrected chi connectivity index (χ1v) is 9.43. The van der Waals surface area contributed by atoms with Crippen LogP contribution in [0.1, 0.15) is 25.1 Å². The van der Waals surface area contributed by atoms with E-state index in [9.17, 15) is 9.18 Å². The van der Waals surface area contributed by atoms with Gasteiger partial charge in [-0.3, -0.25) is 9.69 Å². The molecule has 3 aromatic heterocycles. The summed E-state index contributed by atoms with van der Waals surface area (Å²) in [6.45, 7) is 4.54. The SMILES string of the molecule is CC(=O)Nc1nc(F)c(CN2C[C@H](Oc3ncnn4cccc34)C[C@@H]2C)s1. The van der Waals surface area contributed by atoms with E-state index in [4.69, 9.17) is 4.74 Å². The van der Waals surface area contributed by atoms with Crippen LogP contribution in [0.15, 0.2) is 24.7 Å². The highest BCUT2D eigenvalue weighted by Crippen LogP contribution is 2.29. The lowest BCUT2D eigenvalue weighted by Crippen LogP contribution is -2.28. The second-order valence-electron chi connectivity index (χ2n) is 6.57. The van der Waals surface area contributed by atoms with Crippen LogP contribution in [0.4, 0.5) is 9.52 Å². The zero-order chi connectivity index (χ0) is 19.0. The van der Waals surface area contributed by atoms with Gasteiger partial charge in [0, 0.05) is 38.7 Å². The molecule has 1 fully saturated rings. The van der Waals surface area contributed by atoms with Crippen molar-refractivity contribution in [1.29, 1.82) is 0 Å². The molecule has 1 saturated heterocycles. The molecule has 0 bridgehead atoms. The number of aromatic nitrogens is 4. The Morgan fingerprint density at radius 3 is 3.19 bits per heavy atom. The third-order valence-electron chi connectivity index (χ3n) is 4.52. The van der Waals surface area contributed by atoms with E-state index in [0.717, 1.165) is 23.3 Å². The highest BCUT2D eigenvalue weighted by molar-refractivity contribution is 7.15. The van der Waals surface area contributed by atoms with Gasteiger partial charge >= 0.3 is 0 Å². The number of fused-ring (bicyclic) bond motifs is 1. The Hall–Kier alpha value is -2.59. The third-order valence-corrected chi connectivity index (χ3v) is 5.45. The summed E-state index contributed by atoms with van der Waals surface area (Å²) in [5.41, 5.74) is 0.817. The van der Waals surface area contributed by atoms with Crippen LogP contribution in [0, 0.1) is 5.95 Å². The van der Waals surface area contributed by atoms with Crippen molar-refractivity contribution >= 4 is 27.9 Å². The molecule has 3 aromatic rings. The minimum absolute atomic E-state index is 0.0422. The van der Waals surface area contributed by atoms with E-state index in [-0.39, 0.29) is 23.2 Å². The number of likely N-dealkylation sites (tertiary alicyclic amines) is 1. The molecule has 1 aliphatic heterocycles. The Kier molecular flexibility index (Phi) is 4.75. The summed E-state index contributed by atoms with van der Waals surface area (Å²) in [5, 5.41) is 6.94. The van der Waals surface area contributed by atoms with Gasteiger partial charge in [-0.15, -0.1) is 0 Å². The number of amides is 1. The van der Waals surface area contributed by atoms with Crippen molar-refractivity contribution in [1.82, 2.24) is 24.5 Å². The minimum Gasteiger partial charge on any atom is -0.471 e. The lowest BCUT2D eigenvalue weighted by atomic mass is 10.2. The Balaban J connectivity index is 1.43. The van der Waals surface area contributed by atoms with Crippen molar-refractivity contribution in [3.8, 4) is 5.88 Å². The quantitative estimate of drug-likeness (QED) is 0.720. The molecule has 142 valence electrons. The fourth-order valence-electron chi connectivity index (χ4n) is 3.26. The Bertz CT molecular complexity index is 973. The number of nitrogens with zero attached hydrogens (tertiary/aromatic N) is 5. The molecule has 0 aromatic carbocycles. The van der Waals surface area contributed by atoms with Gasteiger partial charge in [0.15, 0.2) is 5.13 Å². The van der Waals surface area contributed by atoms with Crippen LogP contribution in [0.2, 0.25) is 0 Å². The molecule has 4 heterocycles. The van der Waals surface area contributed by atoms with Gasteiger partial charge in [-0.2, -0.15) is 19.5 Å². The number of anilines is 1. The molecule has 27 heavy (non-hydrogen) atoms. The second kappa shape index (κ2) is 7.20. The minimum atomic E-state index is -0.536. The predicted octanol–water partition coefficient (Wildman–Crippen LogP) is 2.33. The van der Waals surface area contributed by atoms with Gasteiger partial charge in [-0.25, -0.2) is 4.52 Å². The van der Waals surface area contributed by atoms with Crippen LogP contribution in [0.3, 0.4) is 0 Å². The number of carbonyl (C=O) groups excluding carboxylic acids is 1. The topological polar surface area (TPSA) is 84.7 Å². The molecule has 0 radical (unpaired) electrons. The number of hydrogen-bond donors (Lipinski definition) is 1. The van der Waals surface area contributed by atoms with Crippen molar-refractivity contribution in [2.45, 2.75) is 39.0 Å².